The fourth-order valence-corrected chi connectivity index (χ4v) is 3.64. The monoisotopic (exact) mass is 347 g/mol. The first-order chi connectivity index (χ1) is 10.1. The lowest BCUT2D eigenvalue weighted by Gasteiger charge is -2.21. The van der Waals surface area contributed by atoms with Crippen LogP contribution in [0.4, 0.5) is 4.39 Å². The molecule has 2 unspecified atom stereocenters. The Kier molecular flexibility index (Phi) is 4.14. The average molecular weight is 348 g/mol. The van der Waals surface area contributed by atoms with Crippen LogP contribution in [0.2, 0.25) is 0 Å². The lowest BCUT2D eigenvalue weighted by Crippen LogP contribution is -2.23. The zero-order chi connectivity index (χ0) is 15.0. The van der Waals surface area contributed by atoms with Gasteiger partial charge in [0.1, 0.15) is 5.82 Å². The molecule has 0 aromatic heterocycles. The molecule has 1 N–H and O–H groups in total. The Balaban J connectivity index is 1.79. The molecule has 3 heteroatoms. The van der Waals surface area contributed by atoms with Crippen molar-refractivity contribution in [2.24, 2.45) is 0 Å². The van der Waals surface area contributed by atoms with E-state index in [1.54, 1.807) is 13.0 Å². The molecule has 2 atom stereocenters. The molecule has 3 rings (SSSR count). The van der Waals surface area contributed by atoms with Gasteiger partial charge < -0.3 is 5.32 Å². The lowest BCUT2D eigenvalue weighted by molar-refractivity contribution is 0.463. The van der Waals surface area contributed by atoms with E-state index in [0.29, 0.717) is 11.6 Å². The van der Waals surface area contributed by atoms with Gasteiger partial charge in [-0.05, 0) is 61.1 Å². The Hall–Kier alpha value is -1.19. The zero-order valence-corrected chi connectivity index (χ0v) is 13.9. The molecule has 1 aliphatic rings. The molecule has 0 amide bonds. The van der Waals surface area contributed by atoms with Gasteiger partial charge in [-0.3, -0.25) is 0 Å². The van der Waals surface area contributed by atoms with E-state index in [0.717, 1.165) is 18.4 Å². The third-order valence-electron chi connectivity index (χ3n) is 4.36. The van der Waals surface area contributed by atoms with Gasteiger partial charge in [-0.1, -0.05) is 40.2 Å². The van der Waals surface area contributed by atoms with Gasteiger partial charge in [0.05, 0.1) is 0 Å². The number of hydrogen-bond acceptors (Lipinski definition) is 1. The number of hydrogen-bond donors (Lipinski definition) is 1. The summed E-state index contributed by atoms with van der Waals surface area (Å²) in [7, 11) is 0. The van der Waals surface area contributed by atoms with E-state index in [2.05, 4.69) is 46.4 Å². The van der Waals surface area contributed by atoms with Crippen LogP contribution >= 0.6 is 15.9 Å². The average Bonchev–Trinajstić information content (AvgIpc) is 2.86. The predicted octanol–water partition coefficient (Wildman–Crippen LogP) is 5.23. The third kappa shape index (κ3) is 2.90. The van der Waals surface area contributed by atoms with E-state index in [1.807, 2.05) is 12.1 Å². The number of aryl methyl sites for hydroxylation is 1. The van der Waals surface area contributed by atoms with Crippen LogP contribution in [0.1, 0.15) is 47.7 Å². The molecule has 0 heterocycles. The Morgan fingerprint density at radius 1 is 1.29 bits per heavy atom. The van der Waals surface area contributed by atoms with Crippen LogP contribution in [-0.4, -0.2) is 0 Å². The van der Waals surface area contributed by atoms with Gasteiger partial charge in [0, 0.05) is 16.6 Å². The number of fused-ring (bicyclic) bond motifs is 1. The number of benzene rings is 2. The van der Waals surface area contributed by atoms with Crippen molar-refractivity contribution in [1.29, 1.82) is 0 Å². The first-order valence-electron chi connectivity index (χ1n) is 7.35. The largest absolute Gasteiger partial charge is 0.303 e. The van der Waals surface area contributed by atoms with Crippen molar-refractivity contribution >= 4 is 15.9 Å². The second kappa shape index (κ2) is 5.90. The maximum Gasteiger partial charge on any atom is 0.126 e. The SMILES string of the molecule is Cc1ccc(C(C)NC2CCc3c(Br)cccc32)cc1F. The summed E-state index contributed by atoms with van der Waals surface area (Å²) >= 11 is 3.63. The minimum absolute atomic E-state index is 0.129. The highest BCUT2D eigenvalue weighted by molar-refractivity contribution is 9.10. The van der Waals surface area contributed by atoms with Crippen molar-refractivity contribution in [2.75, 3.05) is 0 Å². The molecular weight excluding hydrogens is 329 g/mol. The first kappa shape index (κ1) is 14.7. The summed E-state index contributed by atoms with van der Waals surface area (Å²) in [6, 6.07) is 12.3. The number of rotatable bonds is 3. The highest BCUT2D eigenvalue weighted by Gasteiger charge is 2.25. The van der Waals surface area contributed by atoms with Gasteiger partial charge >= 0.3 is 0 Å². The van der Waals surface area contributed by atoms with E-state index in [9.17, 15) is 4.39 Å². The van der Waals surface area contributed by atoms with E-state index >= 15 is 0 Å². The maximum atomic E-state index is 13.7. The standard InChI is InChI=1S/C18H19BrFN/c1-11-6-7-13(10-17(11)20)12(2)21-18-9-8-14-15(18)4-3-5-16(14)19/h3-7,10,12,18,21H,8-9H2,1-2H3. The van der Waals surface area contributed by atoms with Crippen LogP contribution in [0, 0.1) is 12.7 Å². The molecule has 0 aliphatic heterocycles. The van der Waals surface area contributed by atoms with Crippen molar-refractivity contribution in [3.8, 4) is 0 Å². The van der Waals surface area contributed by atoms with Crippen LogP contribution in [0.25, 0.3) is 0 Å². The van der Waals surface area contributed by atoms with Gasteiger partial charge in [-0.15, -0.1) is 0 Å². The van der Waals surface area contributed by atoms with Gasteiger partial charge in [0.25, 0.3) is 0 Å². The van der Waals surface area contributed by atoms with Crippen molar-refractivity contribution < 1.29 is 4.39 Å². The number of nitrogens with one attached hydrogen (secondary N) is 1. The summed E-state index contributed by atoms with van der Waals surface area (Å²) in [5.74, 6) is -0.129. The van der Waals surface area contributed by atoms with Crippen LogP contribution < -0.4 is 5.32 Å². The van der Waals surface area contributed by atoms with Gasteiger partial charge in [0.2, 0.25) is 0 Å². The van der Waals surface area contributed by atoms with E-state index in [4.69, 9.17) is 0 Å². The second-order valence-corrected chi connectivity index (χ2v) is 6.65. The zero-order valence-electron chi connectivity index (χ0n) is 12.3. The Morgan fingerprint density at radius 2 is 2.10 bits per heavy atom. The van der Waals surface area contributed by atoms with Crippen LogP contribution in [0.15, 0.2) is 40.9 Å². The lowest BCUT2D eigenvalue weighted by atomic mass is 10.0. The summed E-state index contributed by atoms with van der Waals surface area (Å²) in [5, 5.41) is 3.64. The third-order valence-corrected chi connectivity index (χ3v) is 5.10. The molecule has 1 nitrogen and oxygen atoms in total. The summed E-state index contributed by atoms with van der Waals surface area (Å²) in [5.41, 5.74) is 4.46. The molecule has 21 heavy (non-hydrogen) atoms. The predicted molar refractivity (Wildman–Crippen MR) is 87.9 cm³/mol. The molecule has 110 valence electrons. The summed E-state index contributed by atoms with van der Waals surface area (Å²) in [4.78, 5) is 0. The summed E-state index contributed by atoms with van der Waals surface area (Å²) in [6.07, 6.45) is 2.18. The minimum atomic E-state index is -0.129. The molecule has 0 saturated carbocycles. The molecule has 0 bridgehead atoms. The normalized spacial score (nSPS) is 18.6. The highest BCUT2D eigenvalue weighted by Crippen LogP contribution is 2.36. The fourth-order valence-electron chi connectivity index (χ4n) is 3.06. The van der Waals surface area contributed by atoms with Crippen molar-refractivity contribution in [1.82, 2.24) is 5.32 Å². The Morgan fingerprint density at radius 3 is 2.86 bits per heavy atom. The van der Waals surface area contributed by atoms with Crippen molar-refractivity contribution in [2.45, 2.75) is 38.8 Å². The molecule has 0 spiro atoms. The molecule has 0 radical (unpaired) electrons. The molecule has 2 aromatic carbocycles. The van der Waals surface area contributed by atoms with Crippen LogP contribution in [-0.2, 0) is 6.42 Å². The molecule has 0 saturated heterocycles. The van der Waals surface area contributed by atoms with Crippen LogP contribution in [0.3, 0.4) is 0 Å². The summed E-state index contributed by atoms with van der Waals surface area (Å²) < 4.78 is 14.9. The van der Waals surface area contributed by atoms with Crippen LogP contribution in [0.5, 0.6) is 0 Å². The van der Waals surface area contributed by atoms with Gasteiger partial charge in [-0.2, -0.15) is 0 Å². The molecule has 0 fully saturated rings. The van der Waals surface area contributed by atoms with Crippen molar-refractivity contribution in [3.05, 3.63) is 68.9 Å². The molecule has 2 aromatic rings. The molecule has 1 aliphatic carbocycles. The summed E-state index contributed by atoms with van der Waals surface area (Å²) in [6.45, 7) is 3.89. The molecular formula is C18H19BrFN. The van der Waals surface area contributed by atoms with E-state index in [1.165, 1.54) is 15.6 Å². The van der Waals surface area contributed by atoms with Gasteiger partial charge in [0.15, 0.2) is 0 Å². The topological polar surface area (TPSA) is 12.0 Å². The minimum Gasteiger partial charge on any atom is -0.303 e. The smallest absolute Gasteiger partial charge is 0.126 e. The Labute approximate surface area is 133 Å². The second-order valence-electron chi connectivity index (χ2n) is 5.80. The Bertz CT molecular complexity index is 668. The first-order valence-corrected chi connectivity index (χ1v) is 8.15. The number of halogens is 2. The van der Waals surface area contributed by atoms with E-state index in [-0.39, 0.29) is 11.9 Å². The van der Waals surface area contributed by atoms with Crippen molar-refractivity contribution in [3.63, 3.8) is 0 Å². The van der Waals surface area contributed by atoms with E-state index < -0.39 is 0 Å². The fraction of sp³-hybridized carbons (Fsp3) is 0.333. The van der Waals surface area contributed by atoms with Gasteiger partial charge in [-0.25, -0.2) is 4.39 Å². The maximum absolute atomic E-state index is 13.7. The highest BCUT2D eigenvalue weighted by atomic mass is 79.9. The quantitative estimate of drug-likeness (QED) is 0.800.